The third kappa shape index (κ3) is 4.83. The number of benzene rings is 7. The van der Waals surface area contributed by atoms with E-state index in [1.165, 1.54) is 11.1 Å². The van der Waals surface area contributed by atoms with Crippen LogP contribution in [0, 0.1) is 0 Å². The summed E-state index contributed by atoms with van der Waals surface area (Å²) in [5.74, 6) is 1.73. The molecule has 5 heteroatoms. The van der Waals surface area contributed by atoms with Crippen LogP contribution in [-0.4, -0.2) is 15.0 Å². The van der Waals surface area contributed by atoms with Crippen LogP contribution in [0.25, 0.3) is 100 Å². The third-order valence-electron chi connectivity index (χ3n) is 9.34. The topological polar surface area (TPSA) is 65.0 Å². The molecule has 3 heterocycles. The molecule has 0 saturated carbocycles. The van der Waals surface area contributed by atoms with E-state index >= 15 is 0 Å². The average molecular weight is 642 g/mol. The summed E-state index contributed by atoms with van der Waals surface area (Å²) in [5, 5.41) is 4.24. The number of nitrogens with zero attached hydrogens (tertiary/aromatic N) is 3. The minimum atomic E-state index is 0.568. The van der Waals surface area contributed by atoms with Crippen LogP contribution in [-0.2, 0) is 0 Å². The molecule has 0 amide bonds. The summed E-state index contributed by atoms with van der Waals surface area (Å²) < 4.78 is 12.7. The molecule has 0 atom stereocenters. The number of rotatable bonds is 5. The molecule has 3 aromatic heterocycles. The first kappa shape index (κ1) is 28.2. The fourth-order valence-electron chi connectivity index (χ4n) is 6.80. The minimum absolute atomic E-state index is 0.568. The van der Waals surface area contributed by atoms with Gasteiger partial charge in [-0.05, 0) is 70.8 Å². The molecule has 0 unspecified atom stereocenters. The summed E-state index contributed by atoms with van der Waals surface area (Å²) >= 11 is 0. The minimum Gasteiger partial charge on any atom is -0.456 e. The summed E-state index contributed by atoms with van der Waals surface area (Å²) in [6, 6.07) is 55.9. The molecule has 0 radical (unpaired) electrons. The van der Waals surface area contributed by atoms with Gasteiger partial charge in [-0.3, -0.25) is 0 Å². The van der Waals surface area contributed by atoms with E-state index in [-0.39, 0.29) is 0 Å². The van der Waals surface area contributed by atoms with Crippen molar-refractivity contribution in [1.82, 2.24) is 15.0 Å². The first-order valence-corrected chi connectivity index (χ1v) is 16.6. The second kappa shape index (κ2) is 11.4. The van der Waals surface area contributed by atoms with Gasteiger partial charge in [0.05, 0.1) is 0 Å². The molecule has 10 aromatic rings. The van der Waals surface area contributed by atoms with Crippen molar-refractivity contribution in [3.8, 4) is 56.4 Å². The maximum atomic E-state index is 6.37. The molecule has 0 aliphatic heterocycles. The molecular formula is C45H27N3O2. The first-order chi connectivity index (χ1) is 24.7. The molecule has 0 aliphatic carbocycles. The zero-order valence-electron chi connectivity index (χ0n) is 26.7. The SMILES string of the molecule is c1ccc(-c2ccc3oc4cc(-c5nc(-c6ccccc6)nc(-c6ccc7c(c6)oc6ccc(-c8ccccc8)cc67)n5)ccc4c3c2)cc1. The zero-order valence-corrected chi connectivity index (χ0v) is 26.7. The van der Waals surface area contributed by atoms with Crippen molar-refractivity contribution in [3.05, 3.63) is 164 Å². The average Bonchev–Trinajstić information content (AvgIpc) is 3.75. The largest absolute Gasteiger partial charge is 0.456 e. The molecule has 0 N–H and O–H groups in total. The van der Waals surface area contributed by atoms with E-state index in [2.05, 4.69) is 97.1 Å². The smallest absolute Gasteiger partial charge is 0.164 e. The monoisotopic (exact) mass is 641 g/mol. The lowest BCUT2D eigenvalue weighted by Gasteiger charge is -2.08. The molecule has 0 saturated heterocycles. The quantitative estimate of drug-likeness (QED) is 0.187. The lowest BCUT2D eigenvalue weighted by Crippen LogP contribution is -2.00. The Balaban J connectivity index is 1.09. The highest BCUT2D eigenvalue weighted by molar-refractivity contribution is 6.08. The molecule has 50 heavy (non-hydrogen) atoms. The Morgan fingerprint density at radius 3 is 1.08 bits per heavy atom. The predicted octanol–water partition coefficient (Wildman–Crippen LogP) is 12.0. The van der Waals surface area contributed by atoms with Gasteiger partial charge in [0.15, 0.2) is 17.5 Å². The molecule has 234 valence electrons. The van der Waals surface area contributed by atoms with Crippen molar-refractivity contribution in [2.24, 2.45) is 0 Å². The lowest BCUT2D eigenvalue weighted by atomic mass is 10.0. The molecule has 5 nitrogen and oxygen atoms in total. The zero-order chi connectivity index (χ0) is 33.0. The highest BCUT2D eigenvalue weighted by atomic mass is 16.3. The van der Waals surface area contributed by atoms with Crippen molar-refractivity contribution in [2.75, 3.05) is 0 Å². The van der Waals surface area contributed by atoms with Crippen molar-refractivity contribution in [3.63, 3.8) is 0 Å². The molecule has 0 bridgehead atoms. The Morgan fingerprint density at radius 1 is 0.260 bits per heavy atom. The highest BCUT2D eigenvalue weighted by Gasteiger charge is 2.17. The maximum absolute atomic E-state index is 6.37. The number of aromatic nitrogens is 3. The fraction of sp³-hybridized carbons (Fsp3) is 0. The second-order valence-corrected chi connectivity index (χ2v) is 12.5. The van der Waals surface area contributed by atoms with Gasteiger partial charge in [0, 0.05) is 38.2 Å². The first-order valence-electron chi connectivity index (χ1n) is 16.6. The molecule has 7 aromatic carbocycles. The van der Waals surface area contributed by atoms with E-state index in [1.54, 1.807) is 0 Å². The molecule has 10 rings (SSSR count). The predicted molar refractivity (Wildman–Crippen MR) is 202 cm³/mol. The summed E-state index contributed by atoms with van der Waals surface area (Å²) in [5.41, 5.74) is 10.5. The van der Waals surface area contributed by atoms with Gasteiger partial charge in [0.2, 0.25) is 0 Å². The fourth-order valence-corrected chi connectivity index (χ4v) is 6.80. The highest BCUT2D eigenvalue weighted by Crippen LogP contribution is 2.37. The molecular weight excluding hydrogens is 615 g/mol. The standard InChI is InChI=1S/C45H27N3O2/c1-4-10-28(11-5-1)31-18-22-39-37(24-31)35-20-16-33(26-41(35)49-39)44-46-43(30-14-8-3-9-15-30)47-45(48-44)34-17-21-36-38-25-32(29-12-6-2-7-13-29)19-23-40(38)50-42(36)27-34/h1-27H. The lowest BCUT2D eigenvalue weighted by molar-refractivity contribution is 0.668. The van der Waals surface area contributed by atoms with E-state index in [1.807, 2.05) is 66.7 Å². The van der Waals surface area contributed by atoms with Crippen LogP contribution in [0.1, 0.15) is 0 Å². The van der Waals surface area contributed by atoms with Gasteiger partial charge in [-0.25, -0.2) is 15.0 Å². The van der Waals surface area contributed by atoms with Crippen molar-refractivity contribution >= 4 is 43.9 Å². The van der Waals surface area contributed by atoms with Crippen LogP contribution < -0.4 is 0 Å². The van der Waals surface area contributed by atoms with Gasteiger partial charge in [-0.2, -0.15) is 0 Å². The Bertz CT molecular complexity index is 2680. The van der Waals surface area contributed by atoms with Crippen LogP contribution >= 0.6 is 0 Å². The van der Waals surface area contributed by atoms with Crippen LogP contribution in [0.3, 0.4) is 0 Å². The van der Waals surface area contributed by atoms with Crippen molar-refractivity contribution in [1.29, 1.82) is 0 Å². The third-order valence-corrected chi connectivity index (χ3v) is 9.34. The molecule has 0 fully saturated rings. The number of hydrogen-bond acceptors (Lipinski definition) is 5. The maximum Gasteiger partial charge on any atom is 0.164 e. The Hall–Kier alpha value is -6.85. The summed E-state index contributed by atoms with van der Waals surface area (Å²) in [6.45, 7) is 0. The summed E-state index contributed by atoms with van der Waals surface area (Å²) in [6.07, 6.45) is 0. The van der Waals surface area contributed by atoms with E-state index in [9.17, 15) is 0 Å². The van der Waals surface area contributed by atoms with Crippen LogP contribution in [0.15, 0.2) is 173 Å². The van der Waals surface area contributed by atoms with Crippen LogP contribution in [0.2, 0.25) is 0 Å². The van der Waals surface area contributed by atoms with E-state index in [0.717, 1.165) is 71.7 Å². The van der Waals surface area contributed by atoms with Gasteiger partial charge >= 0.3 is 0 Å². The van der Waals surface area contributed by atoms with Crippen molar-refractivity contribution in [2.45, 2.75) is 0 Å². The molecule has 0 spiro atoms. The number of fused-ring (bicyclic) bond motifs is 6. The van der Waals surface area contributed by atoms with E-state index in [4.69, 9.17) is 23.8 Å². The van der Waals surface area contributed by atoms with Crippen molar-refractivity contribution < 1.29 is 8.83 Å². The Labute approximate surface area is 287 Å². The van der Waals surface area contributed by atoms with Gasteiger partial charge in [0.1, 0.15) is 22.3 Å². The van der Waals surface area contributed by atoms with Gasteiger partial charge in [-0.15, -0.1) is 0 Å². The van der Waals surface area contributed by atoms with Gasteiger partial charge < -0.3 is 8.83 Å². The van der Waals surface area contributed by atoms with Gasteiger partial charge in [0.25, 0.3) is 0 Å². The van der Waals surface area contributed by atoms with Crippen LogP contribution in [0.4, 0.5) is 0 Å². The Morgan fingerprint density at radius 2 is 0.640 bits per heavy atom. The van der Waals surface area contributed by atoms with E-state index in [0.29, 0.717) is 17.5 Å². The van der Waals surface area contributed by atoms with Gasteiger partial charge in [-0.1, -0.05) is 115 Å². The summed E-state index contributed by atoms with van der Waals surface area (Å²) in [7, 11) is 0. The number of furan rings is 2. The van der Waals surface area contributed by atoms with E-state index < -0.39 is 0 Å². The van der Waals surface area contributed by atoms with Crippen LogP contribution in [0.5, 0.6) is 0 Å². The number of hydrogen-bond donors (Lipinski definition) is 0. The second-order valence-electron chi connectivity index (χ2n) is 12.5. The molecule has 0 aliphatic rings. The normalized spacial score (nSPS) is 11.6. The Kier molecular flexibility index (Phi) is 6.42. The summed E-state index contributed by atoms with van der Waals surface area (Å²) in [4.78, 5) is 14.9.